The van der Waals surface area contributed by atoms with Crippen molar-refractivity contribution in [1.82, 2.24) is 0 Å². The van der Waals surface area contributed by atoms with Gasteiger partial charge in [-0.3, -0.25) is 0 Å². The van der Waals surface area contributed by atoms with Gasteiger partial charge in [-0.2, -0.15) is 11.8 Å². The Labute approximate surface area is 94.0 Å². The summed E-state index contributed by atoms with van der Waals surface area (Å²) in [7, 11) is 0. The third-order valence-corrected chi connectivity index (χ3v) is 3.53. The first-order valence-corrected chi connectivity index (χ1v) is 6.46. The molecule has 0 aromatic heterocycles. The van der Waals surface area contributed by atoms with E-state index >= 15 is 0 Å². The van der Waals surface area contributed by atoms with Crippen LogP contribution in [0.25, 0.3) is 0 Å². The van der Waals surface area contributed by atoms with E-state index in [0.29, 0.717) is 5.75 Å². The Morgan fingerprint density at radius 2 is 2.13 bits per heavy atom. The zero-order chi connectivity index (χ0) is 11.3. The molecule has 5 heteroatoms. The fraction of sp³-hybridized carbons (Fsp3) is 0.900. The molecule has 88 valence electrons. The lowest BCUT2D eigenvalue weighted by Crippen LogP contribution is -2.32. The summed E-state index contributed by atoms with van der Waals surface area (Å²) in [5.41, 5.74) is 0. The third kappa shape index (κ3) is 3.66. The van der Waals surface area contributed by atoms with Gasteiger partial charge in [0.1, 0.15) is 12.2 Å². The van der Waals surface area contributed by atoms with E-state index in [4.69, 9.17) is 9.84 Å². The zero-order valence-electron chi connectivity index (χ0n) is 8.89. The molecule has 1 heterocycles. The lowest BCUT2D eigenvalue weighted by atomic mass is 10.2. The number of esters is 1. The van der Waals surface area contributed by atoms with Crippen LogP contribution in [0.3, 0.4) is 0 Å². The number of ether oxygens (including phenoxy) is 1. The molecule has 3 atom stereocenters. The van der Waals surface area contributed by atoms with E-state index in [9.17, 15) is 9.90 Å². The number of hydrogen-bond acceptors (Lipinski definition) is 5. The van der Waals surface area contributed by atoms with E-state index in [1.54, 1.807) is 11.8 Å². The van der Waals surface area contributed by atoms with Gasteiger partial charge in [0.05, 0.1) is 0 Å². The number of aliphatic hydroxyl groups excluding tert-OH is 2. The first-order valence-electron chi connectivity index (χ1n) is 5.31. The molecule has 1 fully saturated rings. The Morgan fingerprint density at radius 1 is 1.40 bits per heavy atom. The van der Waals surface area contributed by atoms with Gasteiger partial charge in [-0.15, -0.1) is 0 Å². The summed E-state index contributed by atoms with van der Waals surface area (Å²) in [5.74, 6) is 0.861. The van der Waals surface area contributed by atoms with Gasteiger partial charge in [-0.1, -0.05) is 19.8 Å². The Morgan fingerprint density at radius 3 is 2.67 bits per heavy atom. The van der Waals surface area contributed by atoms with E-state index < -0.39 is 24.3 Å². The van der Waals surface area contributed by atoms with Crippen molar-refractivity contribution in [2.45, 2.75) is 44.5 Å². The highest BCUT2D eigenvalue weighted by molar-refractivity contribution is 7.99. The number of carbonyl (C=O) groups excluding carboxylic acids is 1. The summed E-state index contributed by atoms with van der Waals surface area (Å²) >= 11 is 1.65. The molecule has 0 aliphatic carbocycles. The highest BCUT2D eigenvalue weighted by atomic mass is 32.2. The summed E-state index contributed by atoms with van der Waals surface area (Å²) in [6, 6.07) is 0. The molecule has 1 saturated heterocycles. The molecule has 0 spiro atoms. The molecule has 1 aliphatic heterocycles. The topological polar surface area (TPSA) is 66.8 Å². The van der Waals surface area contributed by atoms with Crippen LogP contribution in [0.4, 0.5) is 0 Å². The van der Waals surface area contributed by atoms with Crippen molar-refractivity contribution in [3.05, 3.63) is 0 Å². The number of rotatable bonds is 6. The highest BCUT2D eigenvalue weighted by Gasteiger charge is 2.42. The Kier molecular flexibility index (Phi) is 5.42. The molecule has 15 heavy (non-hydrogen) atoms. The van der Waals surface area contributed by atoms with Crippen LogP contribution >= 0.6 is 11.8 Å². The molecule has 4 nitrogen and oxygen atoms in total. The van der Waals surface area contributed by atoms with E-state index in [1.165, 1.54) is 12.8 Å². The van der Waals surface area contributed by atoms with Crippen LogP contribution in [0.15, 0.2) is 0 Å². The first-order chi connectivity index (χ1) is 7.16. The van der Waals surface area contributed by atoms with Gasteiger partial charge in [0.25, 0.3) is 0 Å². The molecular formula is C10H18O4S. The van der Waals surface area contributed by atoms with E-state index in [2.05, 4.69) is 6.92 Å². The third-order valence-electron chi connectivity index (χ3n) is 2.39. The Balaban J connectivity index is 2.14. The van der Waals surface area contributed by atoms with Crippen molar-refractivity contribution in [3.63, 3.8) is 0 Å². The van der Waals surface area contributed by atoms with Crippen LogP contribution in [0, 0.1) is 0 Å². The van der Waals surface area contributed by atoms with Gasteiger partial charge in [0.2, 0.25) is 0 Å². The Hall–Kier alpha value is -0.260. The predicted molar refractivity (Wildman–Crippen MR) is 58.7 cm³/mol. The van der Waals surface area contributed by atoms with Crippen LogP contribution in [0.1, 0.15) is 26.2 Å². The maximum absolute atomic E-state index is 10.9. The van der Waals surface area contributed by atoms with Crippen LogP contribution in [-0.4, -0.2) is 46.0 Å². The van der Waals surface area contributed by atoms with Crippen LogP contribution < -0.4 is 0 Å². The molecule has 1 rings (SSSR count). The van der Waals surface area contributed by atoms with Crippen molar-refractivity contribution in [2.24, 2.45) is 0 Å². The zero-order valence-corrected chi connectivity index (χ0v) is 9.70. The van der Waals surface area contributed by atoms with Crippen LogP contribution in [0.5, 0.6) is 0 Å². The number of unbranched alkanes of at least 4 members (excludes halogenated alkanes) is 2. The van der Waals surface area contributed by atoms with E-state index in [-0.39, 0.29) is 0 Å². The van der Waals surface area contributed by atoms with Crippen molar-refractivity contribution in [3.8, 4) is 0 Å². The van der Waals surface area contributed by atoms with Gasteiger partial charge in [0, 0.05) is 5.75 Å². The Bertz CT molecular complexity index is 210. The minimum atomic E-state index is -1.36. The SMILES string of the molecule is CCCCCSC[C@H]1OC(=O)[C@H](O)[C@@H]1O. The smallest absolute Gasteiger partial charge is 0.338 e. The fourth-order valence-electron chi connectivity index (χ4n) is 1.42. The lowest BCUT2D eigenvalue weighted by molar-refractivity contribution is -0.146. The predicted octanol–water partition coefficient (Wildman–Crippen LogP) is 0.557. The summed E-state index contributed by atoms with van der Waals surface area (Å²) in [5, 5.41) is 18.6. The molecule has 2 N–H and O–H groups in total. The lowest BCUT2D eigenvalue weighted by Gasteiger charge is -2.12. The minimum absolute atomic E-state index is 0.542. The summed E-state index contributed by atoms with van der Waals surface area (Å²) in [6.07, 6.45) is 0.560. The molecule has 0 bridgehead atoms. The molecule has 0 saturated carbocycles. The van der Waals surface area contributed by atoms with Crippen molar-refractivity contribution >= 4 is 17.7 Å². The number of thioether (sulfide) groups is 1. The maximum Gasteiger partial charge on any atom is 0.338 e. The van der Waals surface area contributed by atoms with Gasteiger partial charge in [-0.25, -0.2) is 4.79 Å². The summed E-state index contributed by atoms with van der Waals surface area (Å²) in [4.78, 5) is 10.9. The summed E-state index contributed by atoms with van der Waals surface area (Å²) < 4.78 is 4.83. The largest absolute Gasteiger partial charge is 0.457 e. The number of aliphatic hydroxyl groups is 2. The second-order valence-corrected chi connectivity index (χ2v) is 4.84. The maximum atomic E-state index is 10.9. The minimum Gasteiger partial charge on any atom is -0.457 e. The van der Waals surface area contributed by atoms with Crippen molar-refractivity contribution < 1.29 is 19.7 Å². The molecule has 0 aromatic rings. The van der Waals surface area contributed by atoms with Crippen molar-refractivity contribution in [2.75, 3.05) is 11.5 Å². The average molecular weight is 234 g/mol. The molecule has 0 aromatic carbocycles. The van der Waals surface area contributed by atoms with Gasteiger partial charge >= 0.3 is 5.97 Å². The number of cyclic esters (lactones) is 1. The molecular weight excluding hydrogens is 216 g/mol. The number of hydrogen-bond donors (Lipinski definition) is 2. The van der Waals surface area contributed by atoms with Crippen LogP contribution in [-0.2, 0) is 9.53 Å². The second-order valence-electron chi connectivity index (χ2n) is 3.69. The number of carbonyl (C=O) groups is 1. The average Bonchev–Trinajstić information content (AvgIpc) is 2.46. The fourth-order valence-corrected chi connectivity index (χ4v) is 2.49. The first kappa shape index (κ1) is 12.8. The monoisotopic (exact) mass is 234 g/mol. The molecule has 0 amide bonds. The molecule has 0 radical (unpaired) electrons. The highest BCUT2D eigenvalue weighted by Crippen LogP contribution is 2.20. The second kappa shape index (κ2) is 6.35. The quantitative estimate of drug-likeness (QED) is 0.519. The van der Waals surface area contributed by atoms with Gasteiger partial charge in [-0.05, 0) is 12.2 Å². The van der Waals surface area contributed by atoms with E-state index in [1.807, 2.05) is 0 Å². The standard InChI is InChI=1S/C10H18O4S/c1-2-3-4-5-15-6-7-8(11)9(12)10(13)14-7/h7-9,11-12H,2-6H2,1H3/t7-,8-,9-/m1/s1. The van der Waals surface area contributed by atoms with Gasteiger partial charge < -0.3 is 14.9 Å². The van der Waals surface area contributed by atoms with Crippen LogP contribution in [0.2, 0.25) is 0 Å². The normalized spacial score (nSPS) is 30.6. The van der Waals surface area contributed by atoms with Gasteiger partial charge in [0.15, 0.2) is 6.10 Å². The molecule has 1 aliphatic rings. The van der Waals surface area contributed by atoms with E-state index in [0.717, 1.165) is 12.2 Å². The molecule has 0 unspecified atom stereocenters. The summed E-state index contributed by atoms with van der Waals surface area (Å²) in [6.45, 7) is 2.14. The van der Waals surface area contributed by atoms with Crippen molar-refractivity contribution in [1.29, 1.82) is 0 Å².